The second-order valence-corrected chi connectivity index (χ2v) is 8.14. The molecule has 1 aliphatic rings. The molecular formula is C17H31N3S. The van der Waals surface area contributed by atoms with Crippen LogP contribution in [0.1, 0.15) is 42.0 Å². The Morgan fingerprint density at radius 1 is 1.48 bits per heavy atom. The van der Waals surface area contributed by atoms with Crippen molar-refractivity contribution in [3.8, 4) is 0 Å². The van der Waals surface area contributed by atoms with Crippen molar-refractivity contribution in [2.45, 2.75) is 58.8 Å². The lowest BCUT2D eigenvalue weighted by Crippen LogP contribution is -2.36. The summed E-state index contributed by atoms with van der Waals surface area (Å²) in [7, 11) is 4.52. The molecule has 1 fully saturated rings. The summed E-state index contributed by atoms with van der Waals surface area (Å²) in [4.78, 5) is 7.93. The third-order valence-electron chi connectivity index (χ3n) is 4.39. The Balaban J connectivity index is 1.86. The van der Waals surface area contributed by atoms with Gasteiger partial charge in [-0.15, -0.1) is 11.3 Å². The van der Waals surface area contributed by atoms with Gasteiger partial charge in [0.2, 0.25) is 0 Å². The molecule has 1 N–H and O–H groups in total. The number of hydrogen-bond donors (Lipinski definition) is 1. The topological polar surface area (TPSA) is 18.5 Å². The monoisotopic (exact) mass is 309 g/mol. The van der Waals surface area contributed by atoms with E-state index in [1.165, 1.54) is 41.2 Å². The molecule has 0 aromatic carbocycles. The second kappa shape index (κ2) is 7.73. The van der Waals surface area contributed by atoms with Crippen molar-refractivity contribution in [1.82, 2.24) is 15.1 Å². The summed E-state index contributed by atoms with van der Waals surface area (Å²) in [6.45, 7) is 11.2. The van der Waals surface area contributed by atoms with E-state index >= 15 is 0 Å². The highest BCUT2D eigenvalue weighted by Gasteiger charge is 2.22. The maximum atomic E-state index is 3.51. The van der Waals surface area contributed by atoms with Gasteiger partial charge in [0.25, 0.3) is 0 Å². The molecule has 1 atom stereocenters. The summed E-state index contributed by atoms with van der Waals surface area (Å²) in [5, 5.41) is 3.51. The number of aryl methyl sites for hydroxylation is 1. The van der Waals surface area contributed by atoms with E-state index in [4.69, 9.17) is 0 Å². The number of nitrogens with zero attached hydrogens (tertiary/aromatic N) is 2. The van der Waals surface area contributed by atoms with Gasteiger partial charge in [-0.2, -0.15) is 0 Å². The summed E-state index contributed by atoms with van der Waals surface area (Å²) in [6.07, 6.45) is 2.71. The minimum absolute atomic E-state index is 0.552. The minimum Gasteiger partial charge on any atom is -0.310 e. The Morgan fingerprint density at radius 2 is 2.24 bits per heavy atom. The van der Waals surface area contributed by atoms with Gasteiger partial charge in [0, 0.05) is 41.5 Å². The zero-order chi connectivity index (χ0) is 15.4. The Hall–Kier alpha value is -0.420. The SMILES string of the molecule is Cc1sc(CNC(C)C)cc1CN(C)CC1CCCN1C. The van der Waals surface area contributed by atoms with E-state index in [1.807, 2.05) is 11.3 Å². The Labute approximate surface area is 134 Å². The zero-order valence-corrected chi connectivity index (χ0v) is 15.1. The van der Waals surface area contributed by atoms with Gasteiger partial charge in [-0.05, 0) is 52.0 Å². The van der Waals surface area contributed by atoms with Crippen LogP contribution >= 0.6 is 11.3 Å². The fraction of sp³-hybridized carbons (Fsp3) is 0.765. The van der Waals surface area contributed by atoms with Crippen molar-refractivity contribution >= 4 is 11.3 Å². The molecule has 21 heavy (non-hydrogen) atoms. The van der Waals surface area contributed by atoms with Crippen LogP contribution in [0.2, 0.25) is 0 Å². The van der Waals surface area contributed by atoms with Crippen molar-refractivity contribution in [3.05, 3.63) is 21.4 Å². The zero-order valence-electron chi connectivity index (χ0n) is 14.3. The first kappa shape index (κ1) is 16.9. The van der Waals surface area contributed by atoms with Crippen molar-refractivity contribution in [2.24, 2.45) is 0 Å². The first-order valence-electron chi connectivity index (χ1n) is 8.16. The molecule has 1 aromatic rings. The molecule has 1 unspecified atom stereocenters. The van der Waals surface area contributed by atoms with Crippen molar-refractivity contribution < 1.29 is 0 Å². The van der Waals surface area contributed by atoms with Gasteiger partial charge in [-0.3, -0.25) is 0 Å². The average Bonchev–Trinajstić information content (AvgIpc) is 2.95. The average molecular weight is 310 g/mol. The molecule has 0 bridgehead atoms. The van der Waals surface area contributed by atoms with E-state index < -0.39 is 0 Å². The molecule has 120 valence electrons. The highest BCUT2D eigenvalue weighted by Crippen LogP contribution is 2.23. The van der Waals surface area contributed by atoms with Crippen molar-refractivity contribution in [3.63, 3.8) is 0 Å². The molecule has 0 saturated carbocycles. The lowest BCUT2D eigenvalue weighted by atomic mass is 10.2. The third kappa shape index (κ3) is 5.06. The summed E-state index contributed by atoms with van der Waals surface area (Å²) >= 11 is 1.94. The number of nitrogens with one attached hydrogen (secondary N) is 1. The highest BCUT2D eigenvalue weighted by atomic mass is 32.1. The number of rotatable bonds is 7. The van der Waals surface area contributed by atoms with Crippen LogP contribution in [0, 0.1) is 6.92 Å². The molecule has 4 heteroatoms. The third-order valence-corrected chi connectivity index (χ3v) is 5.48. The summed E-state index contributed by atoms with van der Waals surface area (Å²) in [5.74, 6) is 0. The maximum absolute atomic E-state index is 3.51. The standard InChI is InChI=1S/C17H31N3S/c1-13(2)18-10-17-9-15(14(3)21-17)11-19(4)12-16-7-6-8-20(16)5/h9,13,16,18H,6-8,10-12H2,1-5H3. The smallest absolute Gasteiger partial charge is 0.0302 e. The largest absolute Gasteiger partial charge is 0.310 e. The van der Waals surface area contributed by atoms with Crippen LogP contribution in [-0.2, 0) is 13.1 Å². The van der Waals surface area contributed by atoms with Crippen molar-refractivity contribution in [2.75, 3.05) is 27.2 Å². The summed E-state index contributed by atoms with van der Waals surface area (Å²) in [5.41, 5.74) is 1.50. The van der Waals surface area contributed by atoms with Gasteiger partial charge in [-0.25, -0.2) is 0 Å². The quantitative estimate of drug-likeness (QED) is 0.835. The Bertz CT molecular complexity index is 441. The summed E-state index contributed by atoms with van der Waals surface area (Å²) < 4.78 is 0. The van der Waals surface area contributed by atoms with Crippen LogP contribution in [0.3, 0.4) is 0 Å². The number of likely N-dealkylation sites (N-methyl/N-ethyl adjacent to an activating group) is 2. The number of likely N-dealkylation sites (tertiary alicyclic amines) is 1. The minimum atomic E-state index is 0.552. The molecule has 1 aromatic heterocycles. The first-order chi connectivity index (χ1) is 9.95. The van der Waals surface area contributed by atoms with Crippen LogP contribution in [0.15, 0.2) is 6.07 Å². The molecule has 0 aliphatic carbocycles. The normalized spacial score (nSPS) is 20.0. The summed E-state index contributed by atoms with van der Waals surface area (Å²) in [6, 6.07) is 3.69. The van der Waals surface area contributed by atoms with Crippen LogP contribution in [0.5, 0.6) is 0 Å². The van der Waals surface area contributed by atoms with Crippen LogP contribution < -0.4 is 5.32 Å². The van der Waals surface area contributed by atoms with Gasteiger partial charge in [0.1, 0.15) is 0 Å². The van der Waals surface area contributed by atoms with Crippen LogP contribution in [0.4, 0.5) is 0 Å². The van der Waals surface area contributed by atoms with Gasteiger partial charge >= 0.3 is 0 Å². The van der Waals surface area contributed by atoms with Gasteiger partial charge in [0.15, 0.2) is 0 Å². The van der Waals surface area contributed by atoms with Gasteiger partial charge in [0.05, 0.1) is 0 Å². The molecule has 0 amide bonds. The molecule has 0 radical (unpaired) electrons. The van der Waals surface area contributed by atoms with Crippen molar-refractivity contribution in [1.29, 1.82) is 0 Å². The fourth-order valence-electron chi connectivity index (χ4n) is 3.06. The molecule has 3 nitrogen and oxygen atoms in total. The Morgan fingerprint density at radius 3 is 2.86 bits per heavy atom. The lowest BCUT2D eigenvalue weighted by Gasteiger charge is -2.25. The number of thiophene rings is 1. The van der Waals surface area contributed by atoms with E-state index in [2.05, 4.69) is 56.0 Å². The molecule has 1 saturated heterocycles. The van der Waals surface area contributed by atoms with Gasteiger partial charge < -0.3 is 15.1 Å². The second-order valence-electron chi connectivity index (χ2n) is 6.80. The van der Waals surface area contributed by atoms with E-state index in [-0.39, 0.29) is 0 Å². The lowest BCUT2D eigenvalue weighted by molar-refractivity contribution is 0.215. The van der Waals surface area contributed by atoms with Gasteiger partial charge in [-0.1, -0.05) is 13.8 Å². The predicted molar refractivity (Wildman–Crippen MR) is 93.0 cm³/mol. The molecular weight excluding hydrogens is 278 g/mol. The van der Waals surface area contributed by atoms with Crippen LogP contribution in [-0.4, -0.2) is 49.1 Å². The molecule has 2 heterocycles. The van der Waals surface area contributed by atoms with E-state index in [0.29, 0.717) is 6.04 Å². The van der Waals surface area contributed by atoms with E-state index in [1.54, 1.807) is 0 Å². The predicted octanol–water partition coefficient (Wildman–Crippen LogP) is 3.08. The first-order valence-corrected chi connectivity index (χ1v) is 8.97. The molecule has 2 rings (SSSR count). The fourth-order valence-corrected chi connectivity index (χ4v) is 4.07. The molecule has 0 spiro atoms. The number of hydrogen-bond acceptors (Lipinski definition) is 4. The van der Waals surface area contributed by atoms with E-state index in [9.17, 15) is 0 Å². The Kier molecular flexibility index (Phi) is 6.23. The maximum Gasteiger partial charge on any atom is 0.0302 e. The highest BCUT2D eigenvalue weighted by molar-refractivity contribution is 7.12. The van der Waals surface area contributed by atoms with Crippen LogP contribution in [0.25, 0.3) is 0 Å². The molecule has 1 aliphatic heterocycles. The van der Waals surface area contributed by atoms with E-state index in [0.717, 1.165) is 19.1 Å².